The molecule has 0 aromatic heterocycles. The lowest BCUT2D eigenvalue weighted by Gasteiger charge is -2.38. The van der Waals surface area contributed by atoms with Crippen molar-refractivity contribution in [3.8, 4) is 0 Å². The highest BCUT2D eigenvalue weighted by Crippen LogP contribution is 2.26. The number of benzene rings is 1. The van der Waals surface area contributed by atoms with E-state index in [0.29, 0.717) is 37.7 Å². The van der Waals surface area contributed by atoms with Gasteiger partial charge in [-0.15, -0.1) is 0 Å². The van der Waals surface area contributed by atoms with Crippen molar-refractivity contribution < 1.29 is 51.5 Å². The molecule has 0 atom stereocenters. The van der Waals surface area contributed by atoms with Gasteiger partial charge in [-0.05, 0) is 95.3 Å². The highest BCUT2D eigenvalue weighted by molar-refractivity contribution is 6.87. The molecule has 0 aliphatic rings. The Balaban J connectivity index is 2.14. The Morgan fingerprint density at radius 1 is 0.760 bits per heavy atom. The van der Waals surface area contributed by atoms with Crippen LogP contribution in [0.2, 0.25) is 51.4 Å². The minimum absolute atomic E-state index is 0.151. The number of ether oxygens (including phenoxy) is 5. The van der Waals surface area contributed by atoms with Crippen molar-refractivity contribution in [2.24, 2.45) is 0 Å². The molecule has 12 nitrogen and oxygen atoms in total. The summed E-state index contributed by atoms with van der Waals surface area (Å²) < 4.78 is 39.8. The maximum atomic E-state index is 12.1. The van der Waals surface area contributed by atoms with Crippen molar-refractivity contribution in [3.63, 3.8) is 0 Å². The molecule has 0 aliphatic heterocycles. The number of anilines is 1. The molecule has 15 heteroatoms. The van der Waals surface area contributed by atoms with E-state index in [4.69, 9.17) is 31.9 Å². The summed E-state index contributed by atoms with van der Waals surface area (Å²) in [6.45, 7) is 22.3. The molecule has 0 saturated carbocycles. The predicted octanol–water partition coefficient (Wildman–Crippen LogP) is 8.11. The molecule has 1 amide bonds. The Hall–Kier alpha value is -2.38. The van der Waals surface area contributed by atoms with Crippen LogP contribution in [0.25, 0.3) is 0 Å². The second-order valence-corrected chi connectivity index (χ2v) is 26.5. The molecular formula is C35H63NO11Si3. The zero-order chi connectivity index (χ0) is 37.6. The summed E-state index contributed by atoms with van der Waals surface area (Å²) >= 11 is 0. The lowest BCUT2D eigenvalue weighted by Crippen LogP contribution is -2.52. The standard InChI is InChI=1S/C35H63NO11Si3/c1-10-11-26-48(4,5)46-50(8,9)47-49(6,7)27-16-21-41-22-23-43-33(37)19-13-12-14-20-42-29-31-17-15-18-32(28-31)36(40)35(39)45-25-24-44-34(38)30(2)3/h15,17-18,28,40H,2,10-14,16,19-27,29H2,1,3-9H3. The van der Waals surface area contributed by atoms with Gasteiger partial charge in [-0.3, -0.25) is 10.0 Å². The zero-order valence-corrected chi connectivity index (χ0v) is 34.8. The Kier molecular flexibility index (Phi) is 21.9. The molecule has 1 aromatic rings. The second-order valence-electron chi connectivity index (χ2n) is 14.0. The van der Waals surface area contributed by atoms with E-state index in [1.807, 2.05) is 6.07 Å². The molecular weight excluding hydrogens is 695 g/mol. The minimum Gasteiger partial charge on any atom is -0.463 e. The summed E-state index contributed by atoms with van der Waals surface area (Å²) in [4.78, 5) is 35.5. The zero-order valence-electron chi connectivity index (χ0n) is 31.8. The van der Waals surface area contributed by atoms with Crippen LogP contribution < -0.4 is 5.06 Å². The fraction of sp³-hybridized carbons (Fsp3) is 0.686. The Bertz CT molecular complexity index is 1180. The van der Waals surface area contributed by atoms with E-state index >= 15 is 0 Å². The number of hydrogen-bond acceptors (Lipinski definition) is 11. The fourth-order valence-corrected chi connectivity index (χ4v) is 19.4. The predicted molar refractivity (Wildman–Crippen MR) is 201 cm³/mol. The first-order chi connectivity index (χ1) is 23.5. The van der Waals surface area contributed by atoms with Gasteiger partial charge in [0.2, 0.25) is 0 Å². The van der Waals surface area contributed by atoms with Gasteiger partial charge >= 0.3 is 26.6 Å². The third-order valence-electron chi connectivity index (χ3n) is 7.39. The largest absolute Gasteiger partial charge is 0.463 e. The first-order valence-electron chi connectivity index (χ1n) is 17.8. The third kappa shape index (κ3) is 21.8. The molecule has 1 aromatic carbocycles. The van der Waals surface area contributed by atoms with Gasteiger partial charge in [-0.25, -0.2) is 9.59 Å². The third-order valence-corrected chi connectivity index (χ3v) is 18.9. The summed E-state index contributed by atoms with van der Waals surface area (Å²) in [7, 11) is -5.77. The number of hydrogen-bond donors (Lipinski definition) is 1. The topological polar surface area (TPSA) is 139 Å². The van der Waals surface area contributed by atoms with E-state index in [2.05, 4.69) is 52.8 Å². The average Bonchev–Trinajstić information content (AvgIpc) is 3.03. The van der Waals surface area contributed by atoms with Crippen molar-refractivity contribution in [1.82, 2.24) is 0 Å². The molecule has 286 valence electrons. The lowest BCUT2D eigenvalue weighted by molar-refractivity contribution is -0.145. The van der Waals surface area contributed by atoms with Gasteiger partial charge in [0.25, 0.3) is 0 Å². The van der Waals surface area contributed by atoms with E-state index in [1.54, 1.807) is 18.2 Å². The van der Waals surface area contributed by atoms with Gasteiger partial charge in [0.15, 0.2) is 16.6 Å². The van der Waals surface area contributed by atoms with Gasteiger partial charge in [0.05, 0.1) is 18.9 Å². The Morgan fingerprint density at radius 3 is 2.04 bits per heavy atom. The molecule has 0 fully saturated rings. The second kappa shape index (κ2) is 24.0. The van der Waals surface area contributed by atoms with Crippen molar-refractivity contribution in [2.75, 3.05) is 44.7 Å². The van der Waals surface area contributed by atoms with Gasteiger partial charge in [0, 0.05) is 25.2 Å². The maximum Gasteiger partial charge on any atom is 0.438 e. The SMILES string of the molecule is C=C(C)C(=O)OCCOC(=O)N(O)c1cccc(COCCCCCC(=O)OCCOCCC[Si](C)(C)O[Si](C)(C)O[Si](C)(C)CCCC)c1. The van der Waals surface area contributed by atoms with Gasteiger partial charge in [-0.1, -0.05) is 44.9 Å². The van der Waals surface area contributed by atoms with Crippen LogP contribution in [-0.4, -0.2) is 88.1 Å². The number of amides is 1. The smallest absolute Gasteiger partial charge is 0.438 e. The van der Waals surface area contributed by atoms with Crippen LogP contribution in [0.15, 0.2) is 36.4 Å². The number of carbonyl (C=O) groups is 3. The van der Waals surface area contributed by atoms with Gasteiger partial charge < -0.3 is 31.9 Å². The van der Waals surface area contributed by atoms with Gasteiger partial charge in [0.1, 0.15) is 19.8 Å². The number of unbranched alkanes of at least 4 members (excludes halogenated alkanes) is 3. The van der Waals surface area contributed by atoms with Crippen LogP contribution >= 0.6 is 0 Å². The molecule has 0 saturated heterocycles. The van der Waals surface area contributed by atoms with Crippen LogP contribution in [0, 0.1) is 0 Å². The van der Waals surface area contributed by atoms with Crippen molar-refractivity contribution >= 4 is 48.9 Å². The highest BCUT2D eigenvalue weighted by Gasteiger charge is 2.39. The molecule has 1 N–H and O–H groups in total. The van der Waals surface area contributed by atoms with Crippen molar-refractivity contribution in [2.45, 2.75) is 117 Å². The van der Waals surface area contributed by atoms with Crippen molar-refractivity contribution in [3.05, 3.63) is 42.0 Å². The Morgan fingerprint density at radius 2 is 1.38 bits per heavy atom. The van der Waals surface area contributed by atoms with E-state index in [0.717, 1.165) is 30.9 Å². The van der Waals surface area contributed by atoms with Crippen LogP contribution in [-0.2, 0) is 48.1 Å². The lowest BCUT2D eigenvalue weighted by atomic mass is 10.2. The number of hydroxylamine groups is 1. The normalized spacial score (nSPS) is 12.0. The van der Waals surface area contributed by atoms with E-state index in [1.165, 1.54) is 25.8 Å². The van der Waals surface area contributed by atoms with Crippen LogP contribution in [0.3, 0.4) is 0 Å². The number of rotatable bonds is 27. The number of carbonyl (C=O) groups excluding carboxylic acids is 3. The Labute approximate surface area is 303 Å². The minimum atomic E-state index is -2.18. The molecule has 0 spiro atoms. The molecule has 0 unspecified atom stereocenters. The van der Waals surface area contributed by atoms with Crippen LogP contribution in [0.5, 0.6) is 0 Å². The monoisotopic (exact) mass is 757 g/mol. The maximum absolute atomic E-state index is 12.1. The van der Waals surface area contributed by atoms with Crippen LogP contribution in [0.1, 0.15) is 64.4 Å². The average molecular weight is 758 g/mol. The summed E-state index contributed by atoms with van der Waals surface area (Å²) in [6, 6.07) is 8.82. The summed E-state index contributed by atoms with van der Waals surface area (Å²) in [6.07, 6.45) is 4.95. The first kappa shape index (κ1) is 45.6. The number of esters is 2. The van der Waals surface area contributed by atoms with E-state index in [9.17, 15) is 19.6 Å². The molecule has 50 heavy (non-hydrogen) atoms. The first-order valence-corrected chi connectivity index (χ1v) is 26.8. The summed E-state index contributed by atoms with van der Waals surface area (Å²) in [5.41, 5.74) is 1.21. The highest BCUT2D eigenvalue weighted by atomic mass is 28.5. The molecule has 0 radical (unpaired) electrons. The molecule has 0 heterocycles. The fourth-order valence-electron chi connectivity index (χ4n) is 5.22. The molecule has 0 aliphatic carbocycles. The molecule has 1 rings (SSSR count). The number of nitrogens with zero attached hydrogens (tertiary/aromatic N) is 1. The quantitative estimate of drug-likeness (QED) is 0.0177. The summed E-state index contributed by atoms with van der Waals surface area (Å²) in [5, 5.41) is 10.6. The van der Waals surface area contributed by atoms with Crippen LogP contribution in [0.4, 0.5) is 10.5 Å². The molecule has 0 bridgehead atoms. The van der Waals surface area contributed by atoms with E-state index < -0.39 is 37.3 Å². The summed E-state index contributed by atoms with van der Waals surface area (Å²) in [5.74, 6) is -0.816. The van der Waals surface area contributed by atoms with Crippen molar-refractivity contribution in [1.29, 1.82) is 0 Å². The van der Waals surface area contributed by atoms with Gasteiger partial charge in [-0.2, -0.15) is 5.06 Å². The van der Waals surface area contributed by atoms with E-state index in [-0.39, 0.29) is 43.7 Å².